The Labute approximate surface area is 126 Å². The molecule has 4 heteroatoms. The zero-order chi connectivity index (χ0) is 15.4. The van der Waals surface area contributed by atoms with Crippen molar-refractivity contribution in [3.8, 4) is 0 Å². The van der Waals surface area contributed by atoms with Gasteiger partial charge in [-0.1, -0.05) is 45.0 Å². The van der Waals surface area contributed by atoms with Gasteiger partial charge in [0.05, 0.1) is 12.0 Å². The van der Waals surface area contributed by atoms with Crippen LogP contribution < -0.4 is 10.6 Å². The Kier molecular flexibility index (Phi) is 4.99. The van der Waals surface area contributed by atoms with Crippen molar-refractivity contribution in [3.63, 3.8) is 0 Å². The third-order valence-corrected chi connectivity index (χ3v) is 4.06. The van der Waals surface area contributed by atoms with E-state index in [0.717, 1.165) is 12.0 Å². The van der Waals surface area contributed by atoms with Crippen LogP contribution >= 0.6 is 0 Å². The fourth-order valence-electron chi connectivity index (χ4n) is 2.66. The van der Waals surface area contributed by atoms with Crippen molar-refractivity contribution in [2.45, 2.75) is 39.7 Å². The molecule has 114 valence electrons. The van der Waals surface area contributed by atoms with E-state index in [0.29, 0.717) is 18.9 Å². The number of nitrogens with one attached hydrogen (secondary N) is 2. The molecule has 1 heterocycles. The van der Waals surface area contributed by atoms with Crippen LogP contribution in [0.5, 0.6) is 0 Å². The Morgan fingerprint density at radius 1 is 1.33 bits per heavy atom. The molecular formula is C17H24N2O2. The lowest BCUT2D eigenvalue weighted by Crippen LogP contribution is -2.37. The summed E-state index contributed by atoms with van der Waals surface area (Å²) < 4.78 is 0. The Hall–Kier alpha value is -1.84. The predicted molar refractivity (Wildman–Crippen MR) is 82.7 cm³/mol. The summed E-state index contributed by atoms with van der Waals surface area (Å²) in [5.41, 5.74) is 2.41. The summed E-state index contributed by atoms with van der Waals surface area (Å²) in [6.45, 7) is 6.76. The molecule has 2 rings (SSSR count). The zero-order valence-electron chi connectivity index (χ0n) is 13.0. The molecule has 4 nitrogen and oxygen atoms in total. The van der Waals surface area contributed by atoms with Gasteiger partial charge in [0.2, 0.25) is 11.8 Å². The molecule has 2 N–H and O–H groups in total. The number of rotatable bonds is 5. The fraction of sp³-hybridized carbons (Fsp3) is 0.529. The molecule has 0 spiro atoms. The lowest BCUT2D eigenvalue weighted by atomic mass is 9.94. The van der Waals surface area contributed by atoms with E-state index in [1.165, 1.54) is 5.56 Å². The molecule has 0 aliphatic carbocycles. The zero-order valence-corrected chi connectivity index (χ0v) is 13.0. The molecule has 1 aromatic rings. The Morgan fingerprint density at radius 2 is 2.00 bits per heavy atom. The normalized spacial score (nSPS) is 19.4. The maximum Gasteiger partial charge on any atom is 0.225 e. The second kappa shape index (κ2) is 6.74. The summed E-state index contributed by atoms with van der Waals surface area (Å²) in [5, 5.41) is 5.81. The van der Waals surface area contributed by atoms with Crippen LogP contribution in [0.4, 0.5) is 0 Å². The SMILES string of the molecule is CCc1ccc(C(NC(=O)C2CNC(=O)C2)C(C)C)cc1. The maximum absolute atomic E-state index is 12.3. The highest BCUT2D eigenvalue weighted by Crippen LogP contribution is 2.23. The van der Waals surface area contributed by atoms with Crippen LogP contribution in [-0.4, -0.2) is 18.4 Å². The van der Waals surface area contributed by atoms with Gasteiger partial charge in [0.1, 0.15) is 0 Å². The molecule has 2 unspecified atom stereocenters. The molecule has 0 saturated carbocycles. The highest BCUT2D eigenvalue weighted by atomic mass is 16.2. The highest BCUT2D eigenvalue weighted by molar-refractivity contribution is 5.89. The molecule has 2 amide bonds. The van der Waals surface area contributed by atoms with E-state index in [1.54, 1.807) is 0 Å². The largest absolute Gasteiger partial charge is 0.355 e. The van der Waals surface area contributed by atoms with Crippen LogP contribution in [0.1, 0.15) is 44.4 Å². The summed E-state index contributed by atoms with van der Waals surface area (Å²) >= 11 is 0. The predicted octanol–water partition coefficient (Wildman–Crippen LogP) is 2.20. The van der Waals surface area contributed by atoms with Gasteiger partial charge in [-0.15, -0.1) is 0 Å². The molecule has 1 aliphatic heterocycles. The van der Waals surface area contributed by atoms with Crippen molar-refractivity contribution in [2.24, 2.45) is 11.8 Å². The van der Waals surface area contributed by atoms with Gasteiger partial charge in [-0.05, 0) is 23.5 Å². The van der Waals surface area contributed by atoms with Gasteiger partial charge in [-0.3, -0.25) is 9.59 Å². The minimum Gasteiger partial charge on any atom is -0.355 e. The molecule has 1 saturated heterocycles. The number of hydrogen-bond donors (Lipinski definition) is 2. The highest BCUT2D eigenvalue weighted by Gasteiger charge is 2.30. The maximum atomic E-state index is 12.3. The lowest BCUT2D eigenvalue weighted by molar-refractivity contribution is -0.127. The molecular weight excluding hydrogens is 264 g/mol. The molecule has 21 heavy (non-hydrogen) atoms. The average Bonchev–Trinajstić information content (AvgIpc) is 2.91. The molecule has 1 aromatic carbocycles. The van der Waals surface area contributed by atoms with Gasteiger partial charge in [0, 0.05) is 13.0 Å². The molecule has 0 aromatic heterocycles. The van der Waals surface area contributed by atoms with E-state index in [4.69, 9.17) is 0 Å². The lowest BCUT2D eigenvalue weighted by Gasteiger charge is -2.24. The van der Waals surface area contributed by atoms with Gasteiger partial charge in [-0.2, -0.15) is 0 Å². The summed E-state index contributed by atoms with van der Waals surface area (Å²) in [7, 11) is 0. The topological polar surface area (TPSA) is 58.2 Å². The van der Waals surface area contributed by atoms with Crippen molar-refractivity contribution in [2.75, 3.05) is 6.54 Å². The molecule has 1 aliphatic rings. The van der Waals surface area contributed by atoms with Crippen LogP contribution in [-0.2, 0) is 16.0 Å². The van der Waals surface area contributed by atoms with E-state index in [9.17, 15) is 9.59 Å². The summed E-state index contributed by atoms with van der Waals surface area (Å²) in [6.07, 6.45) is 1.31. The molecule has 2 atom stereocenters. The number of amides is 2. The van der Waals surface area contributed by atoms with Gasteiger partial charge in [0.15, 0.2) is 0 Å². The van der Waals surface area contributed by atoms with E-state index in [-0.39, 0.29) is 23.8 Å². The number of hydrogen-bond acceptors (Lipinski definition) is 2. The second-order valence-electron chi connectivity index (χ2n) is 6.03. The third-order valence-electron chi connectivity index (χ3n) is 4.06. The van der Waals surface area contributed by atoms with Crippen molar-refractivity contribution in [3.05, 3.63) is 35.4 Å². The van der Waals surface area contributed by atoms with Crippen molar-refractivity contribution in [1.29, 1.82) is 0 Å². The second-order valence-corrected chi connectivity index (χ2v) is 6.03. The van der Waals surface area contributed by atoms with E-state index in [1.807, 2.05) is 0 Å². The standard InChI is InChI=1S/C17H24N2O2/c1-4-12-5-7-13(8-6-12)16(11(2)3)19-17(21)14-9-15(20)18-10-14/h5-8,11,14,16H,4,9-10H2,1-3H3,(H,18,20)(H,19,21). The first-order valence-corrected chi connectivity index (χ1v) is 7.67. The van der Waals surface area contributed by atoms with Crippen LogP contribution in [0.25, 0.3) is 0 Å². The Bertz CT molecular complexity index is 508. The minimum atomic E-state index is -0.242. The van der Waals surface area contributed by atoms with Crippen molar-refractivity contribution >= 4 is 11.8 Å². The first-order chi connectivity index (χ1) is 10.0. The summed E-state index contributed by atoms with van der Waals surface area (Å²) in [5.74, 6) is -0.0182. The fourth-order valence-corrected chi connectivity index (χ4v) is 2.66. The van der Waals surface area contributed by atoms with Gasteiger partial charge in [-0.25, -0.2) is 0 Å². The molecule has 1 fully saturated rings. The quantitative estimate of drug-likeness (QED) is 0.872. The van der Waals surface area contributed by atoms with Gasteiger partial charge < -0.3 is 10.6 Å². The number of carbonyl (C=O) groups is 2. The number of aryl methyl sites for hydroxylation is 1. The van der Waals surface area contributed by atoms with Crippen molar-refractivity contribution < 1.29 is 9.59 Å². The van der Waals surface area contributed by atoms with Gasteiger partial charge >= 0.3 is 0 Å². The monoisotopic (exact) mass is 288 g/mol. The Balaban J connectivity index is 2.07. The molecule has 0 radical (unpaired) electrons. The van der Waals surface area contributed by atoms with Gasteiger partial charge in [0.25, 0.3) is 0 Å². The summed E-state index contributed by atoms with van der Waals surface area (Å²) in [4.78, 5) is 23.5. The van der Waals surface area contributed by atoms with Crippen LogP contribution in [0.2, 0.25) is 0 Å². The van der Waals surface area contributed by atoms with Crippen LogP contribution in [0, 0.1) is 11.8 Å². The van der Waals surface area contributed by atoms with Crippen LogP contribution in [0.3, 0.4) is 0 Å². The smallest absolute Gasteiger partial charge is 0.225 e. The minimum absolute atomic E-state index is 0.0147. The number of carbonyl (C=O) groups excluding carboxylic acids is 2. The first-order valence-electron chi connectivity index (χ1n) is 7.67. The number of benzene rings is 1. The van der Waals surface area contributed by atoms with Crippen molar-refractivity contribution in [1.82, 2.24) is 10.6 Å². The molecule has 0 bridgehead atoms. The van der Waals surface area contributed by atoms with E-state index < -0.39 is 0 Å². The first kappa shape index (κ1) is 15.5. The average molecular weight is 288 g/mol. The Morgan fingerprint density at radius 3 is 2.48 bits per heavy atom. The van der Waals surface area contributed by atoms with Crippen LogP contribution in [0.15, 0.2) is 24.3 Å². The summed E-state index contributed by atoms with van der Waals surface area (Å²) in [6, 6.07) is 8.37. The van der Waals surface area contributed by atoms with E-state index >= 15 is 0 Å². The third kappa shape index (κ3) is 3.84. The van der Waals surface area contributed by atoms with E-state index in [2.05, 4.69) is 55.7 Å².